The molecule has 1 aromatic heterocycles. The fourth-order valence-electron chi connectivity index (χ4n) is 0.923. The van der Waals surface area contributed by atoms with E-state index in [4.69, 9.17) is 15.1 Å². The van der Waals surface area contributed by atoms with Crippen molar-refractivity contribution in [2.75, 3.05) is 13.2 Å². The van der Waals surface area contributed by atoms with Gasteiger partial charge in [0.2, 0.25) is 0 Å². The molecule has 0 saturated heterocycles. The summed E-state index contributed by atoms with van der Waals surface area (Å²) in [7, 11) is 0. The highest BCUT2D eigenvalue weighted by molar-refractivity contribution is 9.10. The van der Waals surface area contributed by atoms with Crippen LogP contribution in [0.2, 0.25) is 0 Å². The van der Waals surface area contributed by atoms with E-state index in [2.05, 4.69) is 26.1 Å². The fourth-order valence-corrected chi connectivity index (χ4v) is 1.16. The maximum absolute atomic E-state index is 9.03. The first-order chi connectivity index (χ1) is 8.00. The highest BCUT2D eigenvalue weighted by atomic mass is 79.9. The molecule has 6 heteroatoms. The van der Waals surface area contributed by atoms with Gasteiger partial charge in [0.05, 0.1) is 18.9 Å². The molecular weight excluding hydrogens is 288 g/mol. The van der Waals surface area contributed by atoms with Crippen molar-refractivity contribution in [3.05, 3.63) is 28.5 Å². The van der Waals surface area contributed by atoms with Crippen molar-refractivity contribution in [2.45, 2.75) is 19.4 Å². The number of aliphatic hydroxyl groups excluding tert-OH is 2. The van der Waals surface area contributed by atoms with E-state index in [0.717, 1.165) is 4.47 Å². The monoisotopic (exact) mass is 302 g/mol. The molecule has 0 aromatic carbocycles. The lowest BCUT2D eigenvalue weighted by atomic mass is 10.1. The average molecular weight is 303 g/mol. The minimum Gasteiger partial charge on any atom is -0.392 e. The molecule has 0 aliphatic rings. The summed E-state index contributed by atoms with van der Waals surface area (Å²) in [6.45, 7) is 2.69. The van der Waals surface area contributed by atoms with Crippen LogP contribution in [0.4, 0.5) is 0 Å². The van der Waals surface area contributed by atoms with Crippen molar-refractivity contribution in [2.24, 2.45) is 5.16 Å². The first-order valence-electron chi connectivity index (χ1n) is 5.07. The summed E-state index contributed by atoms with van der Waals surface area (Å²) in [5.74, 6) is 0. The average Bonchev–Trinajstić information content (AvgIpc) is 2.36. The smallest absolute Gasteiger partial charge is 0.180 e. The molecule has 0 fully saturated rings. The summed E-state index contributed by atoms with van der Waals surface area (Å²) in [6.07, 6.45) is 1.66. The Hall–Kier alpha value is -0.980. The van der Waals surface area contributed by atoms with E-state index >= 15 is 0 Å². The number of rotatable bonds is 5. The highest BCUT2D eigenvalue weighted by Crippen LogP contribution is 2.11. The molecule has 0 amide bonds. The van der Waals surface area contributed by atoms with E-state index in [-0.39, 0.29) is 13.2 Å². The summed E-state index contributed by atoms with van der Waals surface area (Å²) < 4.78 is 0.880. The summed E-state index contributed by atoms with van der Waals surface area (Å²) in [4.78, 5) is 9.26. The lowest BCUT2D eigenvalue weighted by molar-refractivity contribution is -0.0947. The second kappa shape index (κ2) is 6.09. The molecule has 17 heavy (non-hydrogen) atoms. The van der Waals surface area contributed by atoms with Crippen molar-refractivity contribution in [1.29, 1.82) is 0 Å². The number of oxime groups is 1. The van der Waals surface area contributed by atoms with Gasteiger partial charge in [-0.3, -0.25) is 4.98 Å². The molecule has 5 nitrogen and oxygen atoms in total. The van der Waals surface area contributed by atoms with Gasteiger partial charge in [0.15, 0.2) is 5.60 Å². The topological polar surface area (TPSA) is 74.9 Å². The van der Waals surface area contributed by atoms with E-state index in [1.165, 1.54) is 0 Å². The quantitative estimate of drug-likeness (QED) is 0.635. The lowest BCUT2D eigenvalue weighted by Gasteiger charge is -2.22. The largest absolute Gasteiger partial charge is 0.392 e. The predicted octanol–water partition coefficient (Wildman–Crippen LogP) is 1.33. The normalized spacial score (nSPS) is 12.6. The molecule has 2 N–H and O–H groups in total. The van der Waals surface area contributed by atoms with E-state index in [1.54, 1.807) is 26.1 Å². The number of aliphatic hydroxyl groups is 2. The Morgan fingerprint density at radius 3 is 2.59 bits per heavy atom. The van der Waals surface area contributed by atoms with Gasteiger partial charge in [-0.25, -0.2) is 0 Å². The first-order valence-corrected chi connectivity index (χ1v) is 5.86. The van der Waals surface area contributed by atoms with Gasteiger partial charge < -0.3 is 15.1 Å². The van der Waals surface area contributed by atoms with Gasteiger partial charge in [-0.2, -0.15) is 0 Å². The van der Waals surface area contributed by atoms with Gasteiger partial charge in [-0.1, -0.05) is 5.16 Å². The minimum atomic E-state index is -1.07. The summed E-state index contributed by atoms with van der Waals surface area (Å²) in [6, 6.07) is 3.64. The number of aromatic nitrogens is 1. The van der Waals surface area contributed by atoms with Crippen LogP contribution in [0.15, 0.2) is 28.0 Å². The van der Waals surface area contributed by atoms with Crippen molar-refractivity contribution in [3.63, 3.8) is 0 Å². The zero-order valence-electron chi connectivity index (χ0n) is 9.72. The molecule has 0 aliphatic carbocycles. The van der Waals surface area contributed by atoms with Crippen LogP contribution in [0.1, 0.15) is 19.5 Å². The maximum atomic E-state index is 9.03. The van der Waals surface area contributed by atoms with Crippen LogP contribution in [-0.2, 0) is 4.84 Å². The summed E-state index contributed by atoms with van der Waals surface area (Å²) in [5, 5.41) is 21.9. The standard InChI is InChI=1S/C11H15BrN2O3/c1-8(10-4-3-9(12)5-13-10)14-17-11(2,6-15)7-16/h3-5,15-16H,6-7H2,1-2H3/b14-8+. The molecule has 0 aliphatic heterocycles. The molecule has 1 rings (SSSR count). The Morgan fingerprint density at radius 2 is 2.12 bits per heavy atom. The lowest BCUT2D eigenvalue weighted by Crippen LogP contribution is -2.35. The molecule has 0 saturated carbocycles. The van der Waals surface area contributed by atoms with Crippen LogP contribution in [-0.4, -0.2) is 39.7 Å². The zero-order chi connectivity index (χ0) is 12.9. The molecular formula is C11H15BrN2O3. The third-order valence-corrected chi connectivity index (χ3v) is 2.64. The van der Waals surface area contributed by atoms with E-state index < -0.39 is 5.60 Å². The van der Waals surface area contributed by atoms with E-state index in [1.807, 2.05) is 6.07 Å². The van der Waals surface area contributed by atoms with Crippen LogP contribution in [0.5, 0.6) is 0 Å². The number of pyridine rings is 1. The van der Waals surface area contributed by atoms with Gasteiger partial charge in [-0.05, 0) is 41.9 Å². The number of nitrogens with zero attached hydrogens (tertiary/aromatic N) is 2. The molecule has 94 valence electrons. The fraction of sp³-hybridized carbons (Fsp3) is 0.455. The molecule has 0 atom stereocenters. The van der Waals surface area contributed by atoms with Crippen LogP contribution < -0.4 is 0 Å². The van der Waals surface area contributed by atoms with Crippen molar-refractivity contribution >= 4 is 21.6 Å². The molecule has 1 heterocycles. The van der Waals surface area contributed by atoms with Crippen LogP contribution in [0, 0.1) is 0 Å². The molecule has 1 aromatic rings. The van der Waals surface area contributed by atoms with Crippen LogP contribution in [0.25, 0.3) is 0 Å². The maximum Gasteiger partial charge on any atom is 0.180 e. The summed E-state index contributed by atoms with van der Waals surface area (Å²) >= 11 is 3.29. The molecule has 0 bridgehead atoms. The summed E-state index contributed by atoms with van der Waals surface area (Å²) in [5.41, 5.74) is 0.174. The van der Waals surface area contributed by atoms with Gasteiger partial charge in [0.1, 0.15) is 5.71 Å². The van der Waals surface area contributed by atoms with E-state index in [0.29, 0.717) is 11.4 Å². The van der Waals surface area contributed by atoms with Gasteiger partial charge in [0.25, 0.3) is 0 Å². The van der Waals surface area contributed by atoms with Crippen molar-refractivity contribution in [1.82, 2.24) is 4.98 Å². The van der Waals surface area contributed by atoms with Gasteiger partial charge in [-0.15, -0.1) is 0 Å². The van der Waals surface area contributed by atoms with Crippen LogP contribution >= 0.6 is 15.9 Å². The number of hydrogen-bond acceptors (Lipinski definition) is 5. The zero-order valence-corrected chi connectivity index (χ0v) is 11.3. The number of halogens is 1. The van der Waals surface area contributed by atoms with Crippen molar-refractivity contribution < 1.29 is 15.1 Å². The minimum absolute atomic E-state index is 0.311. The van der Waals surface area contributed by atoms with Gasteiger partial charge in [0, 0.05) is 10.7 Å². The molecule has 0 unspecified atom stereocenters. The Balaban J connectivity index is 2.76. The Kier molecular flexibility index (Phi) is 5.04. The SMILES string of the molecule is C/C(=N\OC(C)(CO)CO)c1ccc(Br)cn1. The number of hydrogen-bond donors (Lipinski definition) is 2. The molecule has 0 spiro atoms. The third-order valence-electron chi connectivity index (χ3n) is 2.17. The third kappa shape index (κ3) is 4.07. The van der Waals surface area contributed by atoms with Crippen LogP contribution in [0.3, 0.4) is 0 Å². The first kappa shape index (κ1) is 14.1. The van der Waals surface area contributed by atoms with E-state index in [9.17, 15) is 0 Å². The second-order valence-electron chi connectivity index (χ2n) is 3.90. The Bertz CT molecular complexity index is 388. The predicted molar refractivity (Wildman–Crippen MR) is 67.8 cm³/mol. The Morgan fingerprint density at radius 1 is 1.47 bits per heavy atom. The second-order valence-corrected chi connectivity index (χ2v) is 4.81. The Labute approximate surface area is 108 Å². The molecule has 0 radical (unpaired) electrons. The van der Waals surface area contributed by atoms with Gasteiger partial charge >= 0.3 is 0 Å². The highest BCUT2D eigenvalue weighted by Gasteiger charge is 2.24. The van der Waals surface area contributed by atoms with Crippen molar-refractivity contribution in [3.8, 4) is 0 Å².